The van der Waals surface area contributed by atoms with Crippen molar-refractivity contribution in [2.24, 2.45) is 0 Å². The van der Waals surface area contributed by atoms with Crippen LogP contribution in [0.25, 0.3) is 0 Å². The first-order chi connectivity index (χ1) is 10.1. The second-order valence-electron chi connectivity index (χ2n) is 5.33. The Morgan fingerprint density at radius 3 is 2.48 bits per heavy atom. The zero-order valence-corrected chi connectivity index (χ0v) is 12.6. The van der Waals surface area contributed by atoms with Gasteiger partial charge in [0.05, 0.1) is 6.54 Å². The van der Waals surface area contributed by atoms with Crippen molar-refractivity contribution in [1.82, 2.24) is 5.32 Å². The molecule has 21 heavy (non-hydrogen) atoms. The second-order valence-corrected chi connectivity index (χ2v) is 5.33. The summed E-state index contributed by atoms with van der Waals surface area (Å²) in [4.78, 5) is 11.8. The van der Waals surface area contributed by atoms with E-state index in [4.69, 9.17) is 0 Å². The van der Waals surface area contributed by atoms with E-state index in [1.54, 1.807) is 0 Å². The van der Waals surface area contributed by atoms with E-state index in [0.717, 1.165) is 18.7 Å². The van der Waals surface area contributed by atoms with Crippen molar-refractivity contribution < 1.29 is 4.79 Å². The molecule has 0 heterocycles. The molecule has 110 valence electrons. The van der Waals surface area contributed by atoms with Crippen LogP contribution in [0.4, 0.5) is 5.69 Å². The molecule has 2 rings (SSSR count). The summed E-state index contributed by atoms with van der Waals surface area (Å²) in [6, 6.07) is 16.2. The van der Waals surface area contributed by atoms with Gasteiger partial charge < -0.3 is 10.6 Å². The van der Waals surface area contributed by atoms with E-state index in [0.29, 0.717) is 6.54 Å². The standard InChI is InChI=1S/C18H22N2O/c1-14-6-8-17(9-7-14)20-18(21)13-19-11-10-16-5-3-4-15(2)12-16/h3-9,12,19H,10-11,13H2,1-2H3,(H,20,21). The van der Waals surface area contributed by atoms with Gasteiger partial charge in [0.2, 0.25) is 5.91 Å². The van der Waals surface area contributed by atoms with E-state index >= 15 is 0 Å². The van der Waals surface area contributed by atoms with Crippen molar-refractivity contribution >= 4 is 11.6 Å². The van der Waals surface area contributed by atoms with Crippen LogP contribution in [0.5, 0.6) is 0 Å². The fraction of sp³-hybridized carbons (Fsp3) is 0.278. The van der Waals surface area contributed by atoms with Crippen LogP contribution in [0.1, 0.15) is 16.7 Å². The summed E-state index contributed by atoms with van der Waals surface area (Å²) in [6.45, 7) is 5.24. The van der Waals surface area contributed by atoms with Crippen molar-refractivity contribution in [1.29, 1.82) is 0 Å². The number of hydrogen-bond donors (Lipinski definition) is 2. The van der Waals surface area contributed by atoms with Crippen LogP contribution >= 0.6 is 0 Å². The van der Waals surface area contributed by atoms with Crippen LogP contribution in [-0.4, -0.2) is 19.0 Å². The zero-order valence-electron chi connectivity index (χ0n) is 12.6. The third-order valence-corrected chi connectivity index (χ3v) is 3.29. The molecule has 2 aromatic rings. The SMILES string of the molecule is Cc1ccc(NC(=O)CNCCc2cccc(C)c2)cc1. The van der Waals surface area contributed by atoms with Crippen LogP contribution in [0.3, 0.4) is 0 Å². The van der Waals surface area contributed by atoms with E-state index in [1.165, 1.54) is 16.7 Å². The summed E-state index contributed by atoms with van der Waals surface area (Å²) in [7, 11) is 0. The van der Waals surface area contributed by atoms with Gasteiger partial charge in [0.25, 0.3) is 0 Å². The van der Waals surface area contributed by atoms with Crippen LogP contribution < -0.4 is 10.6 Å². The summed E-state index contributed by atoms with van der Waals surface area (Å²) >= 11 is 0. The molecular formula is C18H22N2O. The van der Waals surface area contributed by atoms with E-state index in [2.05, 4.69) is 41.8 Å². The zero-order chi connectivity index (χ0) is 15.1. The predicted molar refractivity (Wildman–Crippen MR) is 87.6 cm³/mol. The summed E-state index contributed by atoms with van der Waals surface area (Å²) in [6.07, 6.45) is 0.930. The maximum Gasteiger partial charge on any atom is 0.238 e. The van der Waals surface area contributed by atoms with E-state index < -0.39 is 0 Å². The number of carbonyl (C=O) groups is 1. The van der Waals surface area contributed by atoms with Gasteiger partial charge in [-0.3, -0.25) is 4.79 Å². The minimum atomic E-state index is -0.0110. The monoisotopic (exact) mass is 282 g/mol. The number of aryl methyl sites for hydroxylation is 2. The smallest absolute Gasteiger partial charge is 0.238 e. The molecular weight excluding hydrogens is 260 g/mol. The first-order valence-corrected chi connectivity index (χ1v) is 7.26. The molecule has 0 aliphatic carbocycles. The number of nitrogens with one attached hydrogen (secondary N) is 2. The third kappa shape index (κ3) is 5.40. The van der Waals surface area contributed by atoms with Crippen LogP contribution in [-0.2, 0) is 11.2 Å². The van der Waals surface area contributed by atoms with Crippen LogP contribution in [0.15, 0.2) is 48.5 Å². The Morgan fingerprint density at radius 2 is 1.76 bits per heavy atom. The van der Waals surface area contributed by atoms with Gasteiger partial charge in [0.1, 0.15) is 0 Å². The van der Waals surface area contributed by atoms with Crippen LogP contribution in [0, 0.1) is 13.8 Å². The lowest BCUT2D eigenvalue weighted by Gasteiger charge is -2.07. The van der Waals surface area contributed by atoms with E-state index in [-0.39, 0.29) is 5.91 Å². The molecule has 0 saturated carbocycles. The highest BCUT2D eigenvalue weighted by atomic mass is 16.1. The Hall–Kier alpha value is -2.13. The normalized spacial score (nSPS) is 10.4. The molecule has 3 nitrogen and oxygen atoms in total. The van der Waals surface area contributed by atoms with Crippen molar-refractivity contribution in [3.63, 3.8) is 0 Å². The molecule has 0 aliphatic heterocycles. The average Bonchev–Trinajstić information content (AvgIpc) is 2.46. The topological polar surface area (TPSA) is 41.1 Å². The fourth-order valence-corrected chi connectivity index (χ4v) is 2.14. The predicted octanol–water partition coefficient (Wildman–Crippen LogP) is 3.07. The number of amides is 1. The fourth-order valence-electron chi connectivity index (χ4n) is 2.14. The third-order valence-electron chi connectivity index (χ3n) is 3.29. The average molecular weight is 282 g/mol. The Labute approximate surface area is 126 Å². The molecule has 2 N–H and O–H groups in total. The Morgan fingerprint density at radius 1 is 1.00 bits per heavy atom. The van der Waals surface area contributed by atoms with Crippen molar-refractivity contribution in [3.05, 3.63) is 65.2 Å². The Balaban J connectivity index is 1.68. The molecule has 0 aliphatic rings. The number of hydrogen-bond acceptors (Lipinski definition) is 2. The molecule has 0 atom stereocenters. The molecule has 0 unspecified atom stereocenters. The number of benzene rings is 2. The largest absolute Gasteiger partial charge is 0.325 e. The Kier molecular flexibility index (Phi) is 5.52. The number of anilines is 1. The van der Waals surface area contributed by atoms with Gasteiger partial charge in [-0.15, -0.1) is 0 Å². The molecule has 0 radical (unpaired) electrons. The van der Waals surface area contributed by atoms with Gasteiger partial charge >= 0.3 is 0 Å². The number of rotatable bonds is 6. The summed E-state index contributed by atoms with van der Waals surface area (Å²) < 4.78 is 0. The van der Waals surface area contributed by atoms with Gasteiger partial charge in [0, 0.05) is 5.69 Å². The molecule has 0 aromatic heterocycles. The van der Waals surface area contributed by atoms with Crippen molar-refractivity contribution in [3.8, 4) is 0 Å². The second kappa shape index (κ2) is 7.60. The minimum Gasteiger partial charge on any atom is -0.325 e. The molecule has 1 amide bonds. The van der Waals surface area contributed by atoms with Gasteiger partial charge in [-0.25, -0.2) is 0 Å². The highest BCUT2D eigenvalue weighted by molar-refractivity contribution is 5.92. The molecule has 2 aromatic carbocycles. The highest BCUT2D eigenvalue weighted by Crippen LogP contribution is 2.08. The van der Waals surface area contributed by atoms with Gasteiger partial charge in [-0.2, -0.15) is 0 Å². The first-order valence-electron chi connectivity index (χ1n) is 7.26. The highest BCUT2D eigenvalue weighted by Gasteiger charge is 2.01. The molecule has 0 fully saturated rings. The van der Waals surface area contributed by atoms with E-state index in [1.807, 2.05) is 31.2 Å². The summed E-state index contributed by atoms with van der Waals surface area (Å²) in [5, 5.41) is 6.05. The maximum atomic E-state index is 11.8. The summed E-state index contributed by atoms with van der Waals surface area (Å²) in [5.41, 5.74) is 4.58. The van der Waals surface area contributed by atoms with Crippen molar-refractivity contribution in [2.75, 3.05) is 18.4 Å². The summed E-state index contributed by atoms with van der Waals surface area (Å²) in [5.74, 6) is -0.0110. The van der Waals surface area contributed by atoms with Gasteiger partial charge in [-0.1, -0.05) is 47.5 Å². The Bertz CT molecular complexity index is 590. The van der Waals surface area contributed by atoms with Crippen LogP contribution in [0.2, 0.25) is 0 Å². The minimum absolute atomic E-state index is 0.0110. The van der Waals surface area contributed by atoms with Gasteiger partial charge in [0.15, 0.2) is 0 Å². The maximum absolute atomic E-state index is 11.8. The van der Waals surface area contributed by atoms with Crippen molar-refractivity contribution in [2.45, 2.75) is 20.3 Å². The lowest BCUT2D eigenvalue weighted by Crippen LogP contribution is -2.29. The molecule has 0 spiro atoms. The molecule has 3 heteroatoms. The quantitative estimate of drug-likeness (QED) is 0.799. The number of carbonyl (C=O) groups excluding carboxylic acids is 1. The first kappa shape index (κ1) is 15.3. The van der Waals surface area contributed by atoms with Gasteiger partial charge in [-0.05, 0) is 44.5 Å². The lowest BCUT2D eigenvalue weighted by atomic mass is 10.1. The lowest BCUT2D eigenvalue weighted by molar-refractivity contribution is -0.115. The molecule has 0 saturated heterocycles. The van der Waals surface area contributed by atoms with E-state index in [9.17, 15) is 4.79 Å². The molecule has 0 bridgehead atoms.